The number of nitrogens with one attached hydrogen (secondary N) is 1. The number of carbonyl (C=O) groups excluding carboxylic acids is 1. The van der Waals surface area contributed by atoms with Gasteiger partial charge in [0.05, 0.1) is 6.54 Å². The quantitative estimate of drug-likeness (QED) is 0.605. The van der Waals surface area contributed by atoms with E-state index >= 15 is 0 Å². The number of ether oxygens (including phenoxy) is 3. The molecule has 0 aliphatic carbocycles. The van der Waals surface area contributed by atoms with Crippen molar-refractivity contribution >= 4 is 5.97 Å². The number of fused-ring (bicyclic) bond motifs is 2. The van der Waals surface area contributed by atoms with Crippen LogP contribution in [0.5, 0.6) is 0 Å². The fraction of sp³-hybridized carbons (Fsp3) is 0.538. The minimum absolute atomic E-state index is 0.114. The third-order valence-corrected chi connectivity index (χ3v) is 4.08. The van der Waals surface area contributed by atoms with E-state index in [1.54, 1.807) is 0 Å². The van der Waals surface area contributed by atoms with Crippen LogP contribution in [-0.4, -0.2) is 54.0 Å². The maximum absolute atomic E-state index is 12.1. The Kier molecular flexibility index (Phi) is 3.69. The minimum Gasteiger partial charge on any atom is -0.455 e. The molecular formula is C13H14N6O6. The van der Waals surface area contributed by atoms with Gasteiger partial charge in [-0.15, -0.1) is 5.10 Å². The van der Waals surface area contributed by atoms with Crippen LogP contribution < -0.4 is 11.2 Å². The lowest BCUT2D eigenvalue weighted by atomic mass is 10.1. The third kappa shape index (κ3) is 2.74. The van der Waals surface area contributed by atoms with E-state index in [2.05, 4.69) is 20.5 Å². The van der Waals surface area contributed by atoms with Crippen LogP contribution >= 0.6 is 0 Å². The molecule has 2 aromatic rings. The molecule has 1 fully saturated rings. The molecule has 2 aliphatic rings. The smallest absolute Gasteiger partial charge is 0.330 e. The predicted molar refractivity (Wildman–Crippen MR) is 77.2 cm³/mol. The Morgan fingerprint density at radius 3 is 3.04 bits per heavy atom. The number of aromatic amines is 1. The lowest BCUT2D eigenvalue weighted by Crippen LogP contribution is -2.40. The number of carbonyl (C=O) groups is 1. The molecule has 0 radical (unpaired) electrons. The maximum atomic E-state index is 12.1. The van der Waals surface area contributed by atoms with Gasteiger partial charge in [-0.25, -0.2) is 9.48 Å². The van der Waals surface area contributed by atoms with Gasteiger partial charge in [-0.2, -0.15) is 0 Å². The Hall–Kier alpha value is -2.86. The standard InChI is InChI=1S/C13H14N6O6/c1-6(20)24-11-10-7(4-19-8(5-23-10)15-16-17-19)25-12(11)18-3-2-9(21)14-13(18)22/h2-3,7,10-12H,4-5H2,1H3,(H,14,21,22)/t7-,10+,11-,12-/m1/s1. The molecule has 25 heavy (non-hydrogen) atoms. The number of H-pyrrole nitrogens is 1. The Labute approximate surface area is 139 Å². The van der Waals surface area contributed by atoms with Crippen molar-refractivity contribution < 1.29 is 19.0 Å². The summed E-state index contributed by atoms with van der Waals surface area (Å²) in [5.74, 6) is -0.0144. The van der Waals surface area contributed by atoms with E-state index in [-0.39, 0.29) is 13.2 Å². The van der Waals surface area contributed by atoms with Crippen LogP contribution in [-0.2, 0) is 32.2 Å². The van der Waals surface area contributed by atoms with Crippen LogP contribution in [0.15, 0.2) is 21.9 Å². The summed E-state index contributed by atoms with van der Waals surface area (Å²) in [5.41, 5.74) is -1.21. The highest BCUT2D eigenvalue weighted by molar-refractivity contribution is 5.66. The number of hydrogen-bond acceptors (Lipinski definition) is 9. The molecule has 132 valence electrons. The fourth-order valence-electron chi connectivity index (χ4n) is 3.03. The zero-order valence-corrected chi connectivity index (χ0v) is 13.1. The lowest BCUT2D eigenvalue weighted by molar-refractivity contribution is -0.158. The van der Waals surface area contributed by atoms with Crippen molar-refractivity contribution in [1.29, 1.82) is 0 Å². The van der Waals surface area contributed by atoms with Crippen molar-refractivity contribution in [2.45, 2.75) is 44.6 Å². The summed E-state index contributed by atoms with van der Waals surface area (Å²) in [5, 5.41) is 11.3. The van der Waals surface area contributed by atoms with Gasteiger partial charge >= 0.3 is 11.7 Å². The lowest BCUT2D eigenvalue weighted by Gasteiger charge is -2.23. The van der Waals surface area contributed by atoms with Crippen LogP contribution in [0.2, 0.25) is 0 Å². The van der Waals surface area contributed by atoms with Crippen molar-refractivity contribution in [1.82, 2.24) is 29.8 Å². The number of rotatable bonds is 2. The third-order valence-electron chi connectivity index (χ3n) is 4.08. The van der Waals surface area contributed by atoms with Crippen LogP contribution in [0.3, 0.4) is 0 Å². The van der Waals surface area contributed by atoms with Crippen molar-refractivity contribution in [3.63, 3.8) is 0 Å². The normalized spacial score (nSPS) is 28.0. The molecule has 0 unspecified atom stereocenters. The van der Waals surface area contributed by atoms with Crippen molar-refractivity contribution in [3.8, 4) is 0 Å². The Bertz CT molecular complexity index is 918. The van der Waals surface area contributed by atoms with Gasteiger partial charge in [0.2, 0.25) is 0 Å². The minimum atomic E-state index is -0.943. The predicted octanol–water partition coefficient (Wildman–Crippen LogP) is -2.05. The van der Waals surface area contributed by atoms with Gasteiger partial charge in [0.25, 0.3) is 5.56 Å². The second-order valence-electron chi connectivity index (χ2n) is 5.71. The Balaban J connectivity index is 1.71. The summed E-state index contributed by atoms with van der Waals surface area (Å²) in [7, 11) is 0. The molecule has 0 spiro atoms. The van der Waals surface area contributed by atoms with Gasteiger partial charge in [-0.05, 0) is 10.4 Å². The SMILES string of the molecule is CC(=O)O[C@@H]1[C@H]2OCc3nnnn3C[C@H]2O[C@H]1n1ccc(=O)[nH]c1=O. The molecule has 4 atom stereocenters. The average Bonchev–Trinajstić information content (AvgIpc) is 3.07. The summed E-state index contributed by atoms with van der Waals surface area (Å²) in [6, 6.07) is 1.18. The van der Waals surface area contributed by atoms with Gasteiger partial charge in [0.1, 0.15) is 18.8 Å². The number of tetrazole rings is 1. The first-order valence-corrected chi connectivity index (χ1v) is 7.54. The fourth-order valence-corrected chi connectivity index (χ4v) is 3.03. The molecule has 12 nitrogen and oxygen atoms in total. The number of hydrogen-bond donors (Lipinski definition) is 1. The summed E-state index contributed by atoms with van der Waals surface area (Å²) < 4.78 is 19.8. The summed E-state index contributed by atoms with van der Waals surface area (Å²) >= 11 is 0. The van der Waals surface area contributed by atoms with Crippen LogP contribution in [0.4, 0.5) is 0 Å². The number of nitrogens with zero attached hydrogens (tertiary/aromatic N) is 5. The molecule has 1 saturated heterocycles. The van der Waals surface area contributed by atoms with Gasteiger partial charge in [0.15, 0.2) is 18.2 Å². The highest BCUT2D eigenvalue weighted by Gasteiger charge is 2.50. The van der Waals surface area contributed by atoms with E-state index in [9.17, 15) is 14.4 Å². The largest absolute Gasteiger partial charge is 0.455 e. The van der Waals surface area contributed by atoms with Crippen LogP contribution in [0.1, 0.15) is 19.0 Å². The summed E-state index contributed by atoms with van der Waals surface area (Å²) in [6.07, 6.45) is -1.70. The van der Waals surface area contributed by atoms with Crippen molar-refractivity contribution in [2.75, 3.05) is 0 Å². The van der Waals surface area contributed by atoms with E-state index in [1.807, 2.05) is 0 Å². The first kappa shape index (κ1) is 15.7. The first-order valence-electron chi connectivity index (χ1n) is 7.54. The maximum Gasteiger partial charge on any atom is 0.330 e. The zero-order valence-electron chi connectivity index (χ0n) is 13.1. The molecule has 2 aromatic heterocycles. The van der Waals surface area contributed by atoms with E-state index < -0.39 is 41.8 Å². The molecule has 0 saturated carbocycles. The Morgan fingerprint density at radius 1 is 1.44 bits per heavy atom. The monoisotopic (exact) mass is 350 g/mol. The molecule has 0 amide bonds. The van der Waals surface area contributed by atoms with Gasteiger partial charge in [0, 0.05) is 19.2 Å². The number of aromatic nitrogens is 6. The van der Waals surface area contributed by atoms with E-state index in [0.29, 0.717) is 5.82 Å². The van der Waals surface area contributed by atoms with Crippen molar-refractivity contribution in [2.24, 2.45) is 0 Å². The highest BCUT2D eigenvalue weighted by atomic mass is 16.6. The molecule has 4 heterocycles. The second kappa shape index (κ2) is 5.89. The summed E-state index contributed by atoms with van der Waals surface area (Å²) in [4.78, 5) is 37.0. The van der Waals surface area contributed by atoms with E-state index in [1.165, 1.54) is 23.9 Å². The molecule has 0 bridgehead atoms. The van der Waals surface area contributed by atoms with Crippen LogP contribution in [0.25, 0.3) is 0 Å². The molecule has 4 rings (SSSR count). The van der Waals surface area contributed by atoms with E-state index in [4.69, 9.17) is 14.2 Å². The molecule has 0 aromatic carbocycles. The Morgan fingerprint density at radius 2 is 2.28 bits per heavy atom. The van der Waals surface area contributed by atoms with Crippen LogP contribution in [0, 0.1) is 0 Å². The van der Waals surface area contributed by atoms with Gasteiger partial charge in [-0.3, -0.25) is 19.1 Å². The van der Waals surface area contributed by atoms with Gasteiger partial charge in [-0.1, -0.05) is 0 Å². The molecule has 12 heteroatoms. The highest BCUT2D eigenvalue weighted by Crippen LogP contribution is 2.35. The molecular weight excluding hydrogens is 336 g/mol. The molecule has 1 N–H and O–H groups in total. The topological polar surface area (TPSA) is 143 Å². The van der Waals surface area contributed by atoms with Gasteiger partial charge < -0.3 is 14.2 Å². The average molecular weight is 350 g/mol. The number of esters is 1. The van der Waals surface area contributed by atoms with E-state index in [0.717, 1.165) is 4.57 Å². The first-order chi connectivity index (χ1) is 12.0. The summed E-state index contributed by atoms with van der Waals surface area (Å²) in [6.45, 7) is 1.65. The zero-order chi connectivity index (χ0) is 17.6. The second-order valence-corrected chi connectivity index (χ2v) is 5.71. The molecule has 2 aliphatic heterocycles. The van der Waals surface area contributed by atoms with Crippen molar-refractivity contribution in [3.05, 3.63) is 38.9 Å².